The number of nitrogens with two attached hydrogens (primary N) is 1. The van der Waals surface area contributed by atoms with Crippen LogP contribution in [0.15, 0.2) is 6.33 Å². The number of aromatic nitrogens is 2. The van der Waals surface area contributed by atoms with Gasteiger partial charge in [-0.2, -0.15) is 0 Å². The summed E-state index contributed by atoms with van der Waals surface area (Å²) in [6.45, 7) is 4.72. The molecule has 0 aliphatic heterocycles. The lowest BCUT2D eigenvalue weighted by Gasteiger charge is -2.10. The van der Waals surface area contributed by atoms with Gasteiger partial charge in [0.05, 0.1) is 17.9 Å². The van der Waals surface area contributed by atoms with Gasteiger partial charge in [0.1, 0.15) is 12.1 Å². The van der Waals surface area contributed by atoms with Crippen molar-refractivity contribution in [3.63, 3.8) is 0 Å². The molecule has 1 rings (SSSR count). The van der Waals surface area contributed by atoms with Crippen LogP contribution >= 0.6 is 0 Å². The summed E-state index contributed by atoms with van der Waals surface area (Å²) in [7, 11) is -3.40. The minimum atomic E-state index is -3.40. The summed E-state index contributed by atoms with van der Waals surface area (Å²) in [6.07, 6.45) is 1.83. The van der Waals surface area contributed by atoms with E-state index in [1.54, 1.807) is 0 Å². The Kier molecular flexibility index (Phi) is 5.29. The number of hydrogen-bond acceptors (Lipinski definition) is 6. The number of ether oxygens (including phenoxy) is 1. The summed E-state index contributed by atoms with van der Waals surface area (Å²) >= 11 is 0. The third kappa shape index (κ3) is 4.84. The fraction of sp³-hybridized carbons (Fsp3) is 0.600. The number of primary sulfonamides is 1. The van der Waals surface area contributed by atoms with Gasteiger partial charge >= 0.3 is 0 Å². The summed E-state index contributed by atoms with van der Waals surface area (Å²) in [6, 6.07) is 0. The van der Waals surface area contributed by atoms with Crippen molar-refractivity contribution in [3.8, 4) is 5.88 Å². The van der Waals surface area contributed by atoms with Gasteiger partial charge in [0.15, 0.2) is 0 Å². The van der Waals surface area contributed by atoms with E-state index in [1.807, 2.05) is 13.8 Å². The average molecular weight is 274 g/mol. The molecule has 0 saturated carbocycles. The van der Waals surface area contributed by atoms with Crippen LogP contribution in [0.3, 0.4) is 0 Å². The molecule has 0 radical (unpaired) electrons. The molecule has 7 nitrogen and oxygen atoms in total. The fourth-order valence-electron chi connectivity index (χ4n) is 1.37. The van der Waals surface area contributed by atoms with Gasteiger partial charge in [-0.25, -0.2) is 23.5 Å². The first-order chi connectivity index (χ1) is 8.44. The second-order valence-electron chi connectivity index (χ2n) is 3.73. The number of anilines is 1. The van der Waals surface area contributed by atoms with Crippen LogP contribution in [0.4, 0.5) is 5.82 Å². The van der Waals surface area contributed by atoms with Crippen molar-refractivity contribution in [2.45, 2.75) is 20.3 Å². The first-order valence-electron chi connectivity index (χ1n) is 5.62. The van der Waals surface area contributed by atoms with Crippen LogP contribution in [0.2, 0.25) is 0 Å². The molecule has 1 aromatic rings. The van der Waals surface area contributed by atoms with E-state index in [0.29, 0.717) is 31.3 Å². The Morgan fingerprint density at radius 3 is 2.78 bits per heavy atom. The molecule has 0 unspecified atom stereocenters. The predicted octanol–water partition coefficient (Wildman–Crippen LogP) is 0.274. The smallest absolute Gasteiger partial charge is 0.221 e. The molecule has 0 aromatic carbocycles. The van der Waals surface area contributed by atoms with Gasteiger partial charge in [0.25, 0.3) is 0 Å². The molecule has 102 valence electrons. The highest BCUT2D eigenvalue weighted by molar-refractivity contribution is 7.89. The Balaban J connectivity index is 2.55. The first kappa shape index (κ1) is 14.7. The second kappa shape index (κ2) is 6.50. The Morgan fingerprint density at radius 2 is 2.17 bits per heavy atom. The van der Waals surface area contributed by atoms with Crippen molar-refractivity contribution in [2.24, 2.45) is 5.14 Å². The Morgan fingerprint density at radius 1 is 1.44 bits per heavy atom. The van der Waals surface area contributed by atoms with E-state index in [2.05, 4.69) is 15.3 Å². The maximum atomic E-state index is 10.8. The summed E-state index contributed by atoms with van der Waals surface area (Å²) in [5, 5.41) is 7.94. The van der Waals surface area contributed by atoms with Crippen LogP contribution in [0, 0.1) is 6.92 Å². The summed E-state index contributed by atoms with van der Waals surface area (Å²) in [5.74, 6) is 1.12. The Hall–Kier alpha value is -1.41. The lowest BCUT2D eigenvalue weighted by atomic mass is 10.3. The van der Waals surface area contributed by atoms with Crippen LogP contribution in [0.5, 0.6) is 5.88 Å². The molecule has 0 bridgehead atoms. The molecule has 1 aromatic heterocycles. The zero-order chi connectivity index (χ0) is 13.6. The zero-order valence-corrected chi connectivity index (χ0v) is 11.3. The zero-order valence-electron chi connectivity index (χ0n) is 10.5. The van der Waals surface area contributed by atoms with E-state index < -0.39 is 10.0 Å². The van der Waals surface area contributed by atoms with E-state index in [0.717, 1.165) is 5.56 Å². The monoisotopic (exact) mass is 274 g/mol. The van der Waals surface area contributed by atoms with Gasteiger partial charge in [-0.05, 0) is 20.3 Å². The van der Waals surface area contributed by atoms with Crippen LogP contribution in [0.1, 0.15) is 18.9 Å². The van der Waals surface area contributed by atoms with E-state index in [1.165, 1.54) is 6.33 Å². The minimum Gasteiger partial charge on any atom is -0.478 e. The molecule has 0 aliphatic carbocycles. The van der Waals surface area contributed by atoms with Crippen LogP contribution in [-0.4, -0.2) is 37.3 Å². The van der Waals surface area contributed by atoms with Crippen molar-refractivity contribution in [1.29, 1.82) is 0 Å². The molecule has 8 heteroatoms. The fourth-order valence-corrected chi connectivity index (χ4v) is 1.92. The average Bonchev–Trinajstić information content (AvgIpc) is 2.28. The number of nitrogens with one attached hydrogen (secondary N) is 1. The van der Waals surface area contributed by atoms with Crippen molar-refractivity contribution in [3.05, 3.63) is 11.9 Å². The van der Waals surface area contributed by atoms with E-state index in [4.69, 9.17) is 9.88 Å². The third-order valence-corrected chi connectivity index (χ3v) is 3.07. The highest BCUT2D eigenvalue weighted by Gasteiger charge is 2.07. The molecular formula is C10H18N4O3S. The van der Waals surface area contributed by atoms with Crippen molar-refractivity contribution in [1.82, 2.24) is 9.97 Å². The molecule has 0 atom stereocenters. The minimum absolute atomic E-state index is 0.0531. The number of sulfonamides is 1. The maximum absolute atomic E-state index is 10.8. The van der Waals surface area contributed by atoms with E-state index in [9.17, 15) is 8.42 Å². The normalized spacial score (nSPS) is 11.3. The molecule has 0 spiro atoms. The standard InChI is InChI=1S/C10H18N4O3S/c1-3-17-10-8(2)9(13-7-14-10)12-5-4-6-18(11,15)16/h7H,3-6H2,1-2H3,(H2,11,15,16)(H,12,13,14). The van der Waals surface area contributed by atoms with Gasteiger partial charge in [0.2, 0.25) is 15.9 Å². The van der Waals surface area contributed by atoms with Crippen LogP contribution < -0.4 is 15.2 Å². The molecule has 18 heavy (non-hydrogen) atoms. The quantitative estimate of drug-likeness (QED) is 0.691. The summed E-state index contributed by atoms with van der Waals surface area (Å²) in [4.78, 5) is 8.08. The van der Waals surface area contributed by atoms with Crippen molar-refractivity contribution < 1.29 is 13.2 Å². The van der Waals surface area contributed by atoms with Gasteiger partial charge in [0, 0.05) is 6.54 Å². The molecule has 0 aliphatic rings. The van der Waals surface area contributed by atoms with E-state index >= 15 is 0 Å². The highest BCUT2D eigenvalue weighted by atomic mass is 32.2. The number of rotatable bonds is 7. The third-order valence-electron chi connectivity index (χ3n) is 2.22. The second-order valence-corrected chi connectivity index (χ2v) is 5.47. The number of nitrogens with zero attached hydrogens (tertiary/aromatic N) is 2. The molecular weight excluding hydrogens is 256 g/mol. The van der Waals surface area contributed by atoms with Gasteiger partial charge in [-0.3, -0.25) is 0 Å². The van der Waals surface area contributed by atoms with Crippen LogP contribution in [-0.2, 0) is 10.0 Å². The van der Waals surface area contributed by atoms with Crippen LogP contribution in [0.25, 0.3) is 0 Å². The summed E-state index contributed by atoms with van der Waals surface area (Å²) < 4.78 is 26.8. The molecule has 1 heterocycles. The summed E-state index contributed by atoms with van der Waals surface area (Å²) in [5.41, 5.74) is 0.801. The van der Waals surface area contributed by atoms with E-state index in [-0.39, 0.29) is 5.75 Å². The highest BCUT2D eigenvalue weighted by Crippen LogP contribution is 2.19. The molecule has 0 fully saturated rings. The lowest BCUT2D eigenvalue weighted by Crippen LogP contribution is -2.19. The van der Waals surface area contributed by atoms with Crippen molar-refractivity contribution >= 4 is 15.8 Å². The van der Waals surface area contributed by atoms with Crippen molar-refractivity contribution in [2.75, 3.05) is 24.2 Å². The topological polar surface area (TPSA) is 107 Å². The Bertz CT molecular complexity index is 490. The molecule has 3 N–H and O–H groups in total. The first-order valence-corrected chi connectivity index (χ1v) is 7.34. The molecule has 0 saturated heterocycles. The van der Waals surface area contributed by atoms with Gasteiger partial charge in [-0.15, -0.1) is 0 Å². The van der Waals surface area contributed by atoms with Gasteiger partial charge < -0.3 is 10.1 Å². The lowest BCUT2D eigenvalue weighted by molar-refractivity contribution is 0.324. The maximum Gasteiger partial charge on any atom is 0.221 e. The number of hydrogen-bond donors (Lipinski definition) is 2. The largest absolute Gasteiger partial charge is 0.478 e. The molecule has 0 amide bonds. The van der Waals surface area contributed by atoms with Gasteiger partial charge in [-0.1, -0.05) is 0 Å². The Labute approximate surface area is 107 Å². The SMILES string of the molecule is CCOc1ncnc(NCCCS(N)(=O)=O)c1C. The predicted molar refractivity (Wildman–Crippen MR) is 69.0 cm³/mol.